The Bertz CT molecular complexity index is 807. The molecule has 3 heterocycles. The van der Waals surface area contributed by atoms with E-state index in [0.717, 1.165) is 35.8 Å². The number of hydrogen-bond acceptors (Lipinski definition) is 4. The first-order chi connectivity index (χ1) is 11.4. The van der Waals surface area contributed by atoms with Crippen LogP contribution >= 0.6 is 0 Å². The third-order valence-electron chi connectivity index (χ3n) is 4.34. The molecule has 1 aliphatic rings. The molecule has 1 fully saturated rings. The van der Waals surface area contributed by atoms with Gasteiger partial charge in [0.2, 0.25) is 5.88 Å². The number of nitrogens with zero attached hydrogens (tertiary/aromatic N) is 4. The Balaban J connectivity index is 1.81. The molecule has 0 aliphatic carbocycles. The lowest BCUT2D eigenvalue weighted by Crippen LogP contribution is -2.30. The molecule has 0 atom stereocenters. The minimum atomic E-state index is 0.685. The van der Waals surface area contributed by atoms with E-state index in [4.69, 9.17) is 14.8 Å². The Morgan fingerprint density at radius 2 is 1.74 bits per heavy atom. The van der Waals surface area contributed by atoms with Crippen LogP contribution in [0.4, 0.5) is 5.82 Å². The Labute approximate surface area is 135 Å². The number of hydrogen-bond donors (Lipinski definition) is 0. The molecule has 5 nitrogen and oxygen atoms in total. The highest BCUT2D eigenvalue weighted by Gasteiger charge is 2.18. The third kappa shape index (κ3) is 2.52. The van der Waals surface area contributed by atoms with Crippen LogP contribution in [0.1, 0.15) is 19.3 Å². The zero-order chi connectivity index (χ0) is 15.6. The molecule has 1 aliphatic heterocycles. The highest BCUT2D eigenvalue weighted by Crippen LogP contribution is 2.30. The summed E-state index contributed by atoms with van der Waals surface area (Å²) in [5.41, 5.74) is 2.67. The first-order valence-corrected chi connectivity index (χ1v) is 8.11. The van der Waals surface area contributed by atoms with Crippen LogP contribution in [0.3, 0.4) is 0 Å². The maximum absolute atomic E-state index is 5.61. The van der Waals surface area contributed by atoms with Crippen LogP contribution in [0.15, 0.2) is 42.5 Å². The van der Waals surface area contributed by atoms with E-state index < -0.39 is 0 Å². The van der Waals surface area contributed by atoms with E-state index in [1.807, 2.05) is 40.9 Å². The van der Waals surface area contributed by atoms with Crippen molar-refractivity contribution in [2.75, 3.05) is 25.1 Å². The average molecular weight is 308 g/mol. The fraction of sp³-hybridized carbons (Fsp3) is 0.333. The van der Waals surface area contributed by atoms with Gasteiger partial charge in [-0.15, -0.1) is 5.10 Å². The summed E-state index contributed by atoms with van der Waals surface area (Å²) in [6, 6.07) is 14.2. The van der Waals surface area contributed by atoms with Crippen LogP contribution < -0.4 is 9.64 Å². The van der Waals surface area contributed by atoms with E-state index in [-0.39, 0.29) is 0 Å². The van der Waals surface area contributed by atoms with E-state index in [1.54, 1.807) is 7.11 Å². The number of ether oxygens (including phenoxy) is 1. The molecule has 0 radical (unpaired) electrons. The molecule has 5 heteroatoms. The Hall–Kier alpha value is -2.56. The van der Waals surface area contributed by atoms with E-state index in [2.05, 4.69) is 11.0 Å². The number of fused-ring (bicyclic) bond motifs is 1. The van der Waals surface area contributed by atoms with Gasteiger partial charge in [0.15, 0.2) is 5.65 Å². The van der Waals surface area contributed by atoms with Gasteiger partial charge in [-0.3, -0.25) is 0 Å². The lowest BCUT2D eigenvalue weighted by atomic mass is 10.1. The predicted octanol–water partition coefficient (Wildman–Crippen LogP) is 3.40. The number of methoxy groups -OCH3 is 1. The first kappa shape index (κ1) is 14.1. The summed E-state index contributed by atoms with van der Waals surface area (Å²) >= 11 is 0. The van der Waals surface area contributed by atoms with E-state index >= 15 is 0 Å². The Kier molecular flexibility index (Phi) is 3.61. The van der Waals surface area contributed by atoms with Crippen LogP contribution in [0, 0.1) is 0 Å². The van der Waals surface area contributed by atoms with Gasteiger partial charge in [-0.1, -0.05) is 30.3 Å². The summed E-state index contributed by atoms with van der Waals surface area (Å²) in [6.07, 6.45) is 3.78. The van der Waals surface area contributed by atoms with Crippen molar-refractivity contribution in [2.24, 2.45) is 0 Å². The van der Waals surface area contributed by atoms with Crippen LogP contribution in [0.25, 0.3) is 16.9 Å². The van der Waals surface area contributed by atoms with E-state index in [9.17, 15) is 0 Å². The number of benzene rings is 1. The molecule has 23 heavy (non-hydrogen) atoms. The summed E-state index contributed by atoms with van der Waals surface area (Å²) in [7, 11) is 1.67. The molecule has 0 spiro atoms. The lowest BCUT2D eigenvalue weighted by molar-refractivity contribution is 0.389. The van der Waals surface area contributed by atoms with Crippen LogP contribution in [0.5, 0.6) is 5.88 Å². The second-order valence-corrected chi connectivity index (χ2v) is 5.84. The van der Waals surface area contributed by atoms with Gasteiger partial charge in [-0.25, -0.2) is 4.98 Å². The highest BCUT2D eigenvalue weighted by molar-refractivity contribution is 5.69. The summed E-state index contributed by atoms with van der Waals surface area (Å²) < 4.78 is 7.43. The third-order valence-corrected chi connectivity index (χ3v) is 4.34. The fourth-order valence-electron chi connectivity index (χ4n) is 3.16. The summed E-state index contributed by atoms with van der Waals surface area (Å²) in [5, 5.41) is 4.77. The largest absolute Gasteiger partial charge is 0.479 e. The van der Waals surface area contributed by atoms with Gasteiger partial charge in [-0.2, -0.15) is 4.52 Å². The van der Waals surface area contributed by atoms with Crippen molar-refractivity contribution in [2.45, 2.75) is 19.3 Å². The second kappa shape index (κ2) is 5.91. The smallest absolute Gasteiger partial charge is 0.243 e. The highest BCUT2D eigenvalue weighted by atomic mass is 16.5. The molecule has 118 valence electrons. The molecule has 1 aromatic carbocycles. The van der Waals surface area contributed by atoms with Crippen molar-refractivity contribution in [3.8, 4) is 17.1 Å². The molecule has 1 saturated heterocycles. The predicted molar refractivity (Wildman–Crippen MR) is 91.0 cm³/mol. The van der Waals surface area contributed by atoms with E-state index in [1.165, 1.54) is 19.3 Å². The summed E-state index contributed by atoms with van der Waals surface area (Å²) in [4.78, 5) is 7.03. The van der Waals surface area contributed by atoms with Crippen molar-refractivity contribution >= 4 is 11.5 Å². The Morgan fingerprint density at radius 3 is 2.48 bits per heavy atom. The number of piperidine rings is 1. The van der Waals surface area contributed by atoms with Gasteiger partial charge in [0.25, 0.3) is 0 Å². The van der Waals surface area contributed by atoms with Crippen LogP contribution in [0.2, 0.25) is 0 Å². The minimum Gasteiger partial charge on any atom is -0.479 e. The average Bonchev–Trinajstić information content (AvgIpc) is 3.01. The maximum Gasteiger partial charge on any atom is 0.243 e. The zero-order valence-electron chi connectivity index (χ0n) is 13.3. The standard InChI is InChI=1S/C18H20N4O/c1-23-18-17(14-8-4-2-5-9-14)19-15-10-11-16(20-22(15)18)21-12-6-3-7-13-21/h2,4-5,8-11H,3,6-7,12-13H2,1H3. The summed E-state index contributed by atoms with van der Waals surface area (Å²) in [6.45, 7) is 2.14. The molecule has 4 rings (SSSR count). The van der Waals surface area contributed by atoms with Gasteiger partial charge in [0.05, 0.1) is 7.11 Å². The maximum atomic E-state index is 5.61. The SMILES string of the molecule is COc1c(-c2ccccc2)nc2ccc(N3CCCCC3)nn12. The first-order valence-electron chi connectivity index (χ1n) is 8.11. The molecule has 0 saturated carbocycles. The van der Waals surface area contributed by atoms with Crippen molar-refractivity contribution < 1.29 is 4.74 Å². The van der Waals surface area contributed by atoms with Crippen molar-refractivity contribution in [1.29, 1.82) is 0 Å². The number of imidazole rings is 1. The second-order valence-electron chi connectivity index (χ2n) is 5.84. The van der Waals surface area contributed by atoms with Gasteiger partial charge in [0.1, 0.15) is 11.5 Å². The normalized spacial score (nSPS) is 15.1. The van der Waals surface area contributed by atoms with Crippen LogP contribution in [-0.2, 0) is 0 Å². The van der Waals surface area contributed by atoms with Crippen molar-refractivity contribution in [3.63, 3.8) is 0 Å². The van der Waals surface area contributed by atoms with Gasteiger partial charge in [0, 0.05) is 18.7 Å². The molecule has 0 amide bonds. The monoisotopic (exact) mass is 308 g/mol. The van der Waals surface area contributed by atoms with Gasteiger partial charge in [-0.05, 0) is 31.4 Å². The molecule has 2 aromatic heterocycles. The Morgan fingerprint density at radius 1 is 0.957 bits per heavy atom. The molecular formula is C18H20N4O. The number of anilines is 1. The minimum absolute atomic E-state index is 0.685. The van der Waals surface area contributed by atoms with Crippen LogP contribution in [-0.4, -0.2) is 34.8 Å². The fourth-order valence-corrected chi connectivity index (χ4v) is 3.16. The number of aromatic nitrogens is 3. The van der Waals surface area contributed by atoms with E-state index in [0.29, 0.717) is 5.88 Å². The molecular weight excluding hydrogens is 288 g/mol. The van der Waals surface area contributed by atoms with Gasteiger partial charge >= 0.3 is 0 Å². The molecule has 0 bridgehead atoms. The molecule has 3 aromatic rings. The van der Waals surface area contributed by atoms with Gasteiger partial charge < -0.3 is 9.64 Å². The molecule has 0 unspecified atom stereocenters. The topological polar surface area (TPSA) is 42.7 Å². The summed E-state index contributed by atoms with van der Waals surface area (Å²) in [5.74, 6) is 1.68. The quantitative estimate of drug-likeness (QED) is 0.744. The number of rotatable bonds is 3. The lowest BCUT2D eigenvalue weighted by Gasteiger charge is -2.27. The molecule has 0 N–H and O–H groups in total. The van der Waals surface area contributed by atoms with Crippen molar-refractivity contribution in [1.82, 2.24) is 14.6 Å². The van der Waals surface area contributed by atoms with Crippen molar-refractivity contribution in [3.05, 3.63) is 42.5 Å². The zero-order valence-corrected chi connectivity index (χ0v) is 13.3.